The molecule has 0 aliphatic rings. The molecule has 0 saturated heterocycles. The molecule has 2 aromatic rings. The van der Waals surface area contributed by atoms with Crippen LogP contribution in [-0.2, 0) is 4.74 Å². The van der Waals surface area contributed by atoms with Crippen LogP contribution in [-0.4, -0.2) is 32.4 Å². The van der Waals surface area contributed by atoms with Crippen LogP contribution in [0.5, 0.6) is 0 Å². The van der Waals surface area contributed by atoms with E-state index in [0.717, 1.165) is 0 Å². The average Bonchev–Trinajstić information content (AvgIpc) is 2.61. The first-order valence-corrected chi connectivity index (χ1v) is 4.16. The zero-order chi connectivity index (χ0) is 9.97. The Labute approximate surface area is 79.5 Å². The van der Waals surface area contributed by atoms with E-state index in [9.17, 15) is 4.79 Å². The van der Waals surface area contributed by atoms with Crippen LogP contribution in [0.15, 0.2) is 18.3 Å². The molecule has 0 spiro atoms. The molecule has 0 aliphatic heterocycles. The van der Waals surface area contributed by atoms with Gasteiger partial charge < -0.3 is 4.74 Å². The number of fused-ring (bicyclic) bond motifs is 1. The standard InChI is InChI=1S/C8H8N4O2/c1-2-14-8(13)7-10-6-4-3-5-9-12(6)11-7/h3-5H,2H2,1H3. The predicted molar refractivity (Wildman–Crippen MR) is 46.7 cm³/mol. The average molecular weight is 192 g/mol. The lowest BCUT2D eigenvalue weighted by Gasteiger charge is -1.93. The second-order valence-corrected chi connectivity index (χ2v) is 2.53. The summed E-state index contributed by atoms with van der Waals surface area (Å²) < 4.78 is 6.04. The van der Waals surface area contributed by atoms with Crippen LogP contribution in [0.2, 0.25) is 0 Å². The van der Waals surface area contributed by atoms with Gasteiger partial charge in [0.25, 0.3) is 5.82 Å². The van der Waals surface area contributed by atoms with E-state index < -0.39 is 5.97 Å². The third-order valence-electron chi connectivity index (χ3n) is 1.58. The van der Waals surface area contributed by atoms with Crippen LogP contribution in [0.25, 0.3) is 5.65 Å². The van der Waals surface area contributed by atoms with Crippen molar-refractivity contribution in [3.05, 3.63) is 24.2 Å². The maximum absolute atomic E-state index is 11.2. The fourth-order valence-electron chi connectivity index (χ4n) is 1.02. The lowest BCUT2D eigenvalue weighted by molar-refractivity contribution is 0.0512. The molecule has 6 heteroatoms. The molecule has 0 aliphatic carbocycles. The Hall–Kier alpha value is -1.98. The highest BCUT2D eigenvalue weighted by Gasteiger charge is 2.13. The number of carbonyl (C=O) groups is 1. The third kappa shape index (κ3) is 1.41. The summed E-state index contributed by atoms with van der Waals surface area (Å²) in [5.41, 5.74) is 0.524. The molecule has 2 aromatic heterocycles. The topological polar surface area (TPSA) is 69.4 Å². The van der Waals surface area contributed by atoms with Crippen LogP contribution in [0.4, 0.5) is 0 Å². The van der Waals surface area contributed by atoms with Gasteiger partial charge in [0.2, 0.25) is 0 Å². The monoisotopic (exact) mass is 192 g/mol. The lowest BCUT2D eigenvalue weighted by atomic mass is 10.5. The smallest absolute Gasteiger partial charge is 0.378 e. The highest BCUT2D eigenvalue weighted by Crippen LogP contribution is 1.99. The van der Waals surface area contributed by atoms with Crippen molar-refractivity contribution in [3.63, 3.8) is 0 Å². The van der Waals surface area contributed by atoms with Crippen molar-refractivity contribution in [3.8, 4) is 0 Å². The molecular weight excluding hydrogens is 184 g/mol. The summed E-state index contributed by atoms with van der Waals surface area (Å²) in [4.78, 5) is 15.2. The van der Waals surface area contributed by atoms with E-state index in [0.29, 0.717) is 12.3 Å². The van der Waals surface area contributed by atoms with Crippen LogP contribution >= 0.6 is 0 Å². The largest absolute Gasteiger partial charge is 0.460 e. The van der Waals surface area contributed by atoms with Gasteiger partial charge in [-0.1, -0.05) is 0 Å². The van der Waals surface area contributed by atoms with E-state index in [-0.39, 0.29) is 5.82 Å². The van der Waals surface area contributed by atoms with E-state index in [4.69, 9.17) is 4.74 Å². The van der Waals surface area contributed by atoms with Gasteiger partial charge >= 0.3 is 5.97 Å². The minimum atomic E-state index is -0.530. The Bertz CT molecular complexity index is 432. The van der Waals surface area contributed by atoms with E-state index >= 15 is 0 Å². The fourth-order valence-corrected chi connectivity index (χ4v) is 1.02. The maximum atomic E-state index is 11.2. The molecule has 0 N–H and O–H groups in total. The molecule has 6 nitrogen and oxygen atoms in total. The minimum absolute atomic E-state index is 0.0329. The number of rotatable bonds is 2. The second kappa shape index (κ2) is 3.41. The van der Waals surface area contributed by atoms with Gasteiger partial charge in [-0.25, -0.2) is 4.79 Å². The van der Waals surface area contributed by atoms with Gasteiger partial charge in [-0.3, -0.25) is 0 Å². The van der Waals surface area contributed by atoms with Crippen molar-refractivity contribution in [1.82, 2.24) is 19.8 Å². The summed E-state index contributed by atoms with van der Waals surface area (Å²) in [6, 6.07) is 3.43. The van der Waals surface area contributed by atoms with Crippen LogP contribution in [0, 0.1) is 0 Å². The van der Waals surface area contributed by atoms with E-state index in [1.165, 1.54) is 4.63 Å². The molecule has 0 radical (unpaired) electrons. The first kappa shape index (κ1) is 8.61. The first-order valence-electron chi connectivity index (χ1n) is 4.16. The van der Waals surface area contributed by atoms with Gasteiger partial charge in [-0.15, -0.1) is 9.73 Å². The Morgan fingerprint density at radius 3 is 3.21 bits per heavy atom. The number of hydrogen-bond acceptors (Lipinski definition) is 5. The normalized spacial score (nSPS) is 10.4. The number of esters is 1. The van der Waals surface area contributed by atoms with Crippen LogP contribution in [0.3, 0.4) is 0 Å². The second-order valence-electron chi connectivity index (χ2n) is 2.53. The molecule has 0 saturated carbocycles. The molecule has 2 heterocycles. The first-order chi connectivity index (χ1) is 6.81. The molecule has 14 heavy (non-hydrogen) atoms. The Kier molecular flexibility index (Phi) is 2.10. The number of aromatic nitrogens is 4. The Balaban J connectivity index is 2.40. The lowest BCUT2D eigenvalue weighted by Crippen LogP contribution is -2.07. The molecule has 0 fully saturated rings. The van der Waals surface area contributed by atoms with E-state index in [1.54, 1.807) is 25.3 Å². The highest BCUT2D eigenvalue weighted by atomic mass is 16.5. The number of carbonyl (C=O) groups excluding carboxylic acids is 1. The van der Waals surface area contributed by atoms with Crippen molar-refractivity contribution in [1.29, 1.82) is 0 Å². The van der Waals surface area contributed by atoms with Gasteiger partial charge in [0.1, 0.15) is 0 Å². The van der Waals surface area contributed by atoms with Gasteiger partial charge in [0.05, 0.1) is 6.61 Å². The Morgan fingerprint density at radius 2 is 2.50 bits per heavy atom. The number of ether oxygens (including phenoxy) is 1. The predicted octanol–water partition coefficient (Wildman–Crippen LogP) is 0.301. The van der Waals surface area contributed by atoms with Crippen LogP contribution in [0.1, 0.15) is 17.5 Å². The number of hydrogen-bond donors (Lipinski definition) is 0. The molecule has 72 valence electrons. The Morgan fingerprint density at radius 1 is 1.64 bits per heavy atom. The third-order valence-corrected chi connectivity index (χ3v) is 1.58. The zero-order valence-corrected chi connectivity index (χ0v) is 7.54. The summed E-state index contributed by atoms with van der Waals surface area (Å²) in [6.07, 6.45) is 1.57. The minimum Gasteiger partial charge on any atom is -0.460 e. The van der Waals surface area contributed by atoms with Gasteiger partial charge in [0.15, 0.2) is 5.65 Å². The summed E-state index contributed by atoms with van der Waals surface area (Å²) in [7, 11) is 0. The molecular formula is C8H8N4O2. The molecule has 0 atom stereocenters. The van der Waals surface area contributed by atoms with E-state index in [2.05, 4.69) is 15.2 Å². The van der Waals surface area contributed by atoms with Crippen molar-refractivity contribution < 1.29 is 9.53 Å². The van der Waals surface area contributed by atoms with Crippen molar-refractivity contribution in [2.24, 2.45) is 0 Å². The summed E-state index contributed by atoms with van der Waals surface area (Å²) >= 11 is 0. The number of nitrogens with zero attached hydrogens (tertiary/aromatic N) is 4. The van der Waals surface area contributed by atoms with E-state index in [1.807, 2.05) is 0 Å². The highest BCUT2D eigenvalue weighted by molar-refractivity contribution is 5.85. The SMILES string of the molecule is CCOC(=O)c1nc2cccnn2n1. The molecule has 2 rings (SSSR count). The summed E-state index contributed by atoms with van der Waals surface area (Å²) in [5.74, 6) is -0.497. The van der Waals surface area contributed by atoms with Crippen molar-refractivity contribution in [2.45, 2.75) is 6.92 Å². The van der Waals surface area contributed by atoms with Crippen molar-refractivity contribution in [2.75, 3.05) is 6.61 Å². The molecule has 0 aromatic carbocycles. The van der Waals surface area contributed by atoms with Gasteiger partial charge in [0, 0.05) is 6.20 Å². The molecule has 0 amide bonds. The molecule has 0 unspecified atom stereocenters. The summed E-state index contributed by atoms with van der Waals surface area (Å²) in [6.45, 7) is 2.04. The maximum Gasteiger partial charge on any atom is 0.378 e. The molecule has 0 bridgehead atoms. The van der Waals surface area contributed by atoms with Crippen molar-refractivity contribution >= 4 is 11.6 Å². The quantitative estimate of drug-likeness (QED) is 0.640. The zero-order valence-electron chi connectivity index (χ0n) is 7.54. The fraction of sp³-hybridized carbons (Fsp3) is 0.250. The van der Waals surface area contributed by atoms with Gasteiger partial charge in [-0.05, 0) is 19.1 Å². The van der Waals surface area contributed by atoms with Crippen LogP contribution < -0.4 is 0 Å². The summed E-state index contributed by atoms with van der Waals surface area (Å²) in [5, 5.41) is 7.73. The van der Waals surface area contributed by atoms with Gasteiger partial charge in [-0.2, -0.15) is 10.1 Å².